The molecule has 0 spiro atoms. The summed E-state index contributed by atoms with van der Waals surface area (Å²) in [6.07, 6.45) is 4.08. The van der Waals surface area contributed by atoms with Gasteiger partial charge in [0.2, 0.25) is 0 Å². The number of hydrogen-bond acceptors (Lipinski definition) is 3. The van der Waals surface area contributed by atoms with E-state index in [1.165, 1.54) is 12.0 Å². The molecule has 0 radical (unpaired) electrons. The molecule has 5 nitrogen and oxygen atoms in total. The van der Waals surface area contributed by atoms with Crippen LogP contribution in [0.3, 0.4) is 0 Å². The SMILES string of the molecule is CC1Cc2ccccc2N1C(=O)c1cccc(C(=O)N2CCCCC2)n1. The van der Waals surface area contributed by atoms with Gasteiger partial charge in [0.15, 0.2) is 0 Å². The molecule has 2 aliphatic heterocycles. The van der Waals surface area contributed by atoms with Gasteiger partial charge in [0.1, 0.15) is 11.4 Å². The molecule has 0 saturated carbocycles. The van der Waals surface area contributed by atoms with E-state index >= 15 is 0 Å². The maximum Gasteiger partial charge on any atom is 0.277 e. The number of likely N-dealkylation sites (tertiary alicyclic amines) is 1. The number of anilines is 1. The Bertz CT molecular complexity index is 843. The summed E-state index contributed by atoms with van der Waals surface area (Å²) in [7, 11) is 0. The van der Waals surface area contributed by atoms with Gasteiger partial charge in [0.25, 0.3) is 11.8 Å². The van der Waals surface area contributed by atoms with Crippen molar-refractivity contribution in [3.63, 3.8) is 0 Å². The third-order valence-electron chi connectivity index (χ3n) is 5.26. The first kappa shape index (κ1) is 16.8. The Morgan fingerprint density at radius 1 is 0.923 bits per heavy atom. The lowest BCUT2D eigenvalue weighted by atomic mass is 10.1. The van der Waals surface area contributed by atoms with E-state index in [-0.39, 0.29) is 17.9 Å². The van der Waals surface area contributed by atoms with Gasteiger partial charge in [-0.1, -0.05) is 24.3 Å². The molecule has 1 unspecified atom stereocenters. The average molecular weight is 349 g/mol. The number of amides is 2. The summed E-state index contributed by atoms with van der Waals surface area (Å²) in [5.41, 5.74) is 2.81. The molecule has 1 aromatic heterocycles. The topological polar surface area (TPSA) is 53.5 Å². The van der Waals surface area contributed by atoms with Gasteiger partial charge in [-0.3, -0.25) is 9.59 Å². The third-order valence-corrected chi connectivity index (χ3v) is 5.26. The quantitative estimate of drug-likeness (QED) is 0.836. The van der Waals surface area contributed by atoms with Crippen LogP contribution in [0.5, 0.6) is 0 Å². The summed E-state index contributed by atoms with van der Waals surface area (Å²) < 4.78 is 0. The van der Waals surface area contributed by atoms with Crippen LogP contribution in [-0.2, 0) is 6.42 Å². The minimum atomic E-state index is -0.143. The van der Waals surface area contributed by atoms with Crippen molar-refractivity contribution >= 4 is 17.5 Å². The van der Waals surface area contributed by atoms with Crippen molar-refractivity contribution in [2.24, 2.45) is 0 Å². The molecule has 4 rings (SSSR count). The number of piperidine rings is 1. The molecule has 1 saturated heterocycles. The molecular weight excluding hydrogens is 326 g/mol. The van der Waals surface area contributed by atoms with Crippen molar-refractivity contribution in [2.75, 3.05) is 18.0 Å². The van der Waals surface area contributed by atoms with E-state index < -0.39 is 0 Å². The molecule has 1 fully saturated rings. The van der Waals surface area contributed by atoms with E-state index in [2.05, 4.69) is 11.1 Å². The highest BCUT2D eigenvalue weighted by Crippen LogP contribution is 2.32. The second-order valence-electron chi connectivity index (χ2n) is 7.12. The van der Waals surface area contributed by atoms with Gasteiger partial charge in [0, 0.05) is 24.8 Å². The van der Waals surface area contributed by atoms with E-state index in [9.17, 15) is 9.59 Å². The van der Waals surface area contributed by atoms with Crippen molar-refractivity contribution < 1.29 is 9.59 Å². The number of para-hydroxylation sites is 1. The van der Waals surface area contributed by atoms with E-state index in [4.69, 9.17) is 0 Å². The summed E-state index contributed by atoms with van der Waals surface area (Å²) >= 11 is 0. The number of carbonyl (C=O) groups is 2. The van der Waals surface area contributed by atoms with Gasteiger partial charge in [-0.2, -0.15) is 0 Å². The monoisotopic (exact) mass is 349 g/mol. The van der Waals surface area contributed by atoms with E-state index in [1.807, 2.05) is 30.0 Å². The largest absolute Gasteiger partial charge is 0.337 e. The molecule has 0 aliphatic carbocycles. The number of benzene rings is 1. The molecule has 0 N–H and O–H groups in total. The van der Waals surface area contributed by atoms with Crippen molar-refractivity contribution in [1.82, 2.24) is 9.88 Å². The lowest BCUT2D eigenvalue weighted by molar-refractivity contribution is 0.0718. The van der Waals surface area contributed by atoms with Crippen LogP contribution >= 0.6 is 0 Å². The van der Waals surface area contributed by atoms with Crippen LogP contribution in [0.2, 0.25) is 0 Å². The second-order valence-corrected chi connectivity index (χ2v) is 7.12. The Hall–Kier alpha value is -2.69. The number of hydrogen-bond donors (Lipinski definition) is 0. The first-order valence-corrected chi connectivity index (χ1v) is 9.33. The van der Waals surface area contributed by atoms with Crippen LogP contribution in [0.25, 0.3) is 0 Å². The Labute approximate surface area is 153 Å². The zero-order chi connectivity index (χ0) is 18.1. The highest BCUT2D eigenvalue weighted by atomic mass is 16.2. The van der Waals surface area contributed by atoms with Crippen molar-refractivity contribution in [3.8, 4) is 0 Å². The van der Waals surface area contributed by atoms with Gasteiger partial charge >= 0.3 is 0 Å². The summed E-state index contributed by atoms with van der Waals surface area (Å²) in [6.45, 7) is 3.59. The highest BCUT2D eigenvalue weighted by Gasteiger charge is 2.32. The third kappa shape index (κ3) is 2.98. The molecule has 0 bridgehead atoms. The van der Waals surface area contributed by atoms with Crippen LogP contribution in [0.4, 0.5) is 5.69 Å². The van der Waals surface area contributed by atoms with Gasteiger partial charge < -0.3 is 9.80 Å². The standard InChI is InChI=1S/C21H23N3O2/c1-15-14-16-8-3-4-11-19(16)24(15)21(26)18-10-7-9-17(22-18)20(25)23-12-5-2-6-13-23/h3-4,7-11,15H,2,5-6,12-14H2,1H3. The Morgan fingerprint density at radius 3 is 2.38 bits per heavy atom. The molecule has 2 aromatic rings. The fourth-order valence-electron chi connectivity index (χ4n) is 3.93. The van der Waals surface area contributed by atoms with Gasteiger partial charge in [-0.05, 0) is 56.4 Å². The minimum absolute atomic E-state index is 0.0748. The summed E-state index contributed by atoms with van der Waals surface area (Å²) in [5, 5.41) is 0. The highest BCUT2D eigenvalue weighted by molar-refractivity contribution is 6.07. The number of pyridine rings is 1. The van der Waals surface area contributed by atoms with Gasteiger partial charge in [-0.15, -0.1) is 0 Å². The summed E-state index contributed by atoms with van der Waals surface area (Å²) in [5.74, 6) is -0.218. The number of aromatic nitrogens is 1. The number of nitrogens with zero attached hydrogens (tertiary/aromatic N) is 3. The number of carbonyl (C=O) groups excluding carboxylic acids is 2. The lowest BCUT2D eigenvalue weighted by Crippen LogP contribution is -2.38. The van der Waals surface area contributed by atoms with E-state index in [0.717, 1.165) is 38.0 Å². The molecule has 134 valence electrons. The zero-order valence-electron chi connectivity index (χ0n) is 15.0. The van der Waals surface area contributed by atoms with Crippen molar-refractivity contribution in [3.05, 3.63) is 59.4 Å². The fourth-order valence-corrected chi connectivity index (χ4v) is 3.93. The normalized spacial score (nSPS) is 19.3. The van der Waals surface area contributed by atoms with Gasteiger partial charge in [0.05, 0.1) is 0 Å². The molecule has 26 heavy (non-hydrogen) atoms. The van der Waals surface area contributed by atoms with E-state index in [0.29, 0.717) is 11.4 Å². The van der Waals surface area contributed by atoms with Crippen LogP contribution in [0, 0.1) is 0 Å². The molecular formula is C21H23N3O2. The summed E-state index contributed by atoms with van der Waals surface area (Å²) in [4.78, 5) is 33.9. The Balaban J connectivity index is 1.60. The van der Waals surface area contributed by atoms with Gasteiger partial charge in [-0.25, -0.2) is 4.98 Å². The molecule has 5 heteroatoms. The van der Waals surface area contributed by atoms with Crippen molar-refractivity contribution in [2.45, 2.75) is 38.6 Å². The molecule has 2 amide bonds. The predicted molar refractivity (Wildman–Crippen MR) is 100 cm³/mol. The second kappa shape index (κ2) is 6.90. The fraction of sp³-hybridized carbons (Fsp3) is 0.381. The van der Waals surface area contributed by atoms with Crippen LogP contribution in [0.1, 0.15) is 52.7 Å². The van der Waals surface area contributed by atoms with E-state index in [1.54, 1.807) is 23.1 Å². The lowest BCUT2D eigenvalue weighted by Gasteiger charge is -2.26. The zero-order valence-corrected chi connectivity index (χ0v) is 15.0. The smallest absolute Gasteiger partial charge is 0.277 e. The van der Waals surface area contributed by atoms with Crippen LogP contribution < -0.4 is 4.90 Å². The maximum absolute atomic E-state index is 13.1. The van der Waals surface area contributed by atoms with Crippen LogP contribution in [-0.4, -0.2) is 40.8 Å². The minimum Gasteiger partial charge on any atom is -0.337 e. The molecule has 3 heterocycles. The van der Waals surface area contributed by atoms with Crippen LogP contribution in [0.15, 0.2) is 42.5 Å². The number of fused-ring (bicyclic) bond motifs is 1. The van der Waals surface area contributed by atoms with Crippen molar-refractivity contribution in [1.29, 1.82) is 0 Å². The Morgan fingerprint density at radius 2 is 1.62 bits per heavy atom. The first-order valence-electron chi connectivity index (χ1n) is 9.33. The molecule has 1 atom stereocenters. The first-order chi connectivity index (χ1) is 12.6. The molecule has 1 aromatic carbocycles. The Kier molecular flexibility index (Phi) is 4.45. The maximum atomic E-state index is 13.1. The summed E-state index contributed by atoms with van der Waals surface area (Å²) in [6, 6.07) is 13.2. The average Bonchev–Trinajstić information content (AvgIpc) is 3.03. The predicted octanol–water partition coefficient (Wildman–Crippen LogP) is 3.30. The number of rotatable bonds is 2. The molecule has 2 aliphatic rings.